The molecule has 0 spiro atoms. The molecule has 2 aliphatic carbocycles. The van der Waals surface area contributed by atoms with E-state index in [4.69, 9.17) is 35.5 Å². The molecule has 0 unspecified atom stereocenters. The van der Waals surface area contributed by atoms with Gasteiger partial charge < -0.3 is 54.4 Å². The number of hydrogen-bond acceptors (Lipinski definition) is 15. The van der Waals surface area contributed by atoms with Crippen LogP contribution in [-0.2, 0) is 47.6 Å². The number of aliphatic carboxylic acids is 1. The summed E-state index contributed by atoms with van der Waals surface area (Å²) in [5.41, 5.74) is 11.4. The predicted molar refractivity (Wildman–Crippen MR) is 338 cm³/mol. The Morgan fingerprint density at radius 1 is 0.517 bits per heavy atom. The molecule has 2 aliphatic rings. The summed E-state index contributed by atoms with van der Waals surface area (Å²) in [5, 5.41) is 12.3. The van der Waals surface area contributed by atoms with Crippen LogP contribution in [0.5, 0.6) is 0 Å². The normalized spacial score (nSPS) is 13.0. The van der Waals surface area contributed by atoms with E-state index < -0.39 is 90.2 Å². The third-order valence-electron chi connectivity index (χ3n) is 13.4. The highest BCUT2D eigenvalue weighted by atomic mass is 19.1. The van der Waals surface area contributed by atoms with E-state index in [2.05, 4.69) is 17.4 Å². The van der Waals surface area contributed by atoms with Gasteiger partial charge in [0.1, 0.15) is 47.7 Å². The minimum Gasteiger partial charge on any atom is -0.480 e. The number of carbonyl (C=O) groups excluding carboxylic acids is 7. The molecule has 4 aromatic rings. The lowest BCUT2D eigenvalue weighted by molar-refractivity contribution is -0.160. The van der Waals surface area contributed by atoms with Gasteiger partial charge in [0.05, 0.1) is 21.4 Å². The zero-order valence-corrected chi connectivity index (χ0v) is 54.7. The molecule has 0 aliphatic heterocycles. The van der Waals surface area contributed by atoms with E-state index in [0.29, 0.717) is 26.1 Å². The zero-order valence-electron chi connectivity index (χ0n) is 55.7. The average molecular weight is 1240 g/mol. The maximum atomic E-state index is 13.3. The molecule has 22 heteroatoms. The van der Waals surface area contributed by atoms with Gasteiger partial charge in [0, 0.05) is 59.7 Å². The van der Waals surface area contributed by atoms with Gasteiger partial charge in [-0.25, -0.2) is 24.0 Å². The number of nitrogens with two attached hydrogens (primary N) is 1. The lowest BCUT2D eigenvalue weighted by Gasteiger charge is -2.28. The number of benzene rings is 4. The minimum absolute atomic E-state index is 0.0655. The van der Waals surface area contributed by atoms with Crippen molar-refractivity contribution < 1.29 is 77.6 Å². The molecule has 0 saturated heterocycles. The van der Waals surface area contributed by atoms with Crippen molar-refractivity contribution in [1.29, 1.82) is 0 Å². The number of carboxylic acids is 1. The number of amides is 5. The summed E-state index contributed by atoms with van der Waals surface area (Å²) in [4.78, 5) is 104. The summed E-state index contributed by atoms with van der Waals surface area (Å²) in [7, 11) is 5.07. The third kappa shape index (κ3) is 24.3. The van der Waals surface area contributed by atoms with Crippen molar-refractivity contribution in [2.24, 2.45) is 5.73 Å². The molecule has 490 valence electrons. The molecule has 0 fully saturated rings. The molecule has 2 atom stereocenters. The summed E-state index contributed by atoms with van der Waals surface area (Å²) in [6.45, 7) is 23.1. The van der Waals surface area contributed by atoms with Crippen molar-refractivity contribution >= 4 is 48.2 Å². The number of esters is 2. The van der Waals surface area contributed by atoms with Crippen molar-refractivity contribution in [1.82, 2.24) is 24.9 Å². The number of nitrogens with one attached hydrogen (secondary N) is 1. The molecule has 0 bridgehead atoms. The highest BCUT2D eigenvalue weighted by Gasteiger charge is 2.37. The molecule has 0 saturated carbocycles. The van der Waals surface area contributed by atoms with E-state index in [1.165, 1.54) is 23.9 Å². The molecular weight excluding hydrogens is 1150 g/mol. The second-order valence-electron chi connectivity index (χ2n) is 25.4. The van der Waals surface area contributed by atoms with Gasteiger partial charge in [0.15, 0.2) is 0 Å². The maximum Gasteiger partial charge on any atom is 0.410 e. The van der Waals surface area contributed by atoms with E-state index in [1.807, 2.05) is 106 Å². The Morgan fingerprint density at radius 2 is 0.820 bits per heavy atom. The first-order valence-corrected chi connectivity index (χ1v) is 29.5. The number of nitrogens with zero attached hydrogens (tertiary/aromatic N) is 4. The Bertz CT molecular complexity index is 2950. The van der Waals surface area contributed by atoms with E-state index in [9.17, 15) is 47.9 Å². The van der Waals surface area contributed by atoms with Crippen LogP contribution < -0.4 is 11.1 Å². The Hall–Kier alpha value is -8.27. The van der Waals surface area contributed by atoms with E-state index in [-0.39, 0.29) is 44.1 Å². The molecule has 21 nitrogen and oxygen atoms in total. The standard InChI is InChI=1S/C33H45N3O7.C24H27NO6.C9H20N2O2.CH3F/c1-32(2,3)42-28(37)20-27(29(38)34-18-13-19-35(7)30(39)43-33(4,5)6)36(8)31(40)41-21-26-24-16-11-9-14-22(24)23-15-10-12-17-25(23)26;1-24(2,3)31-21(26)13-20(22(27)28)25(4)23(29)30-14-19-17-11-7-5-9-15(17)16-10-6-8-12-18(16)19;1-9(2,3)13-8(12)11(4)7-5-6-10;1-2/h9-12,14-17,26-27H,13,18-21H2,1-8H3,(H,34,38);5-12,19-20H,13-14H2,1-4H3,(H,27,28);5-7,10H2,1-4H3;1H3/t27-;20-;;/m00../s1/i;;;1D. The van der Waals surface area contributed by atoms with E-state index >= 15 is 0 Å². The van der Waals surface area contributed by atoms with Crippen molar-refractivity contribution in [2.45, 2.75) is 155 Å². The number of halogens is 1. The van der Waals surface area contributed by atoms with Crippen LogP contribution in [0.3, 0.4) is 0 Å². The first-order valence-electron chi connectivity index (χ1n) is 30.2. The summed E-state index contributed by atoms with van der Waals surface area (Å²) >= 11 is 0. The summed E-state index contributed by atoms with van der Waals surface area (Å²) in [5.74, 6) is -3.43. The predicted octanol–water partition coefficient (Wildman–Crippen LogP) is 11.2. The number of hydrogen-bond donors (Lipinski definition) is 3. The molecule has 5 amide bonds. The van der Waals surface area contributed by atoms with Crippen LogP contribution in [0.15, 0.2) is 97.1 Å². The highest BCUT2D eigenvalue weighted by Crippen LogP contribution is 2.46. The molecule has 4 aromatic carbocycles. The van der Waals surface area contributed by atoms with Gasteiger partial charge in [-0.2, -0.15) is 0 Å². The second-order valence-corrected chi connectivity index (χ2v) is 25.4. The van der Waals surface area contributed by atoms with E-state index in [0.717, 1.165) is 60.7 Å². The van der Waals surface area contributed by atoms with Crippen LogP contribution in [0.25, 0.3) is 22.3 Å². The largest absolute Gasteiger partial charge is 0.480 e. The number of carbonyl (C=O) groups is 8. The van der Waals surface area contributed by atoms with Crippen molar-refractivity contribution in [3.63, 3.8) is 0 Å². The Kier molecular flexibility index (Phi) is 27.9. The fraction of sp³-hybridized carbons (Fsp3) is 0.522. The van der Waals surface area contributed by atoms with Crippen LogP contribution in [0.4, 0.5) is 23.6 Å². The Morgan fingerprint density at radius 3 is 1.13 bits per heavy atom. The number of likely N-dealkylation sites (N-methyl/N-ethyl adjacent to an activating group) is 2. The lowest BCUT2D eigenvalue weighted by Crippen LogP contribution is -2.50. The molecular formula is C67H95FN6O15. The quantitative estimate of drug-likeness (QED) is 0.0448. The Labute approximate surface area is 526 Å². The van der Waals surface area contributed by atoms with Gasteiger partial charge in [0.25, 0.3) is 0 Å². The number of fused-ring (bicyclic) bond motifs is 6. The second kappa shape index (κ2) is 33.9. The summed E-state index contributed by atoms with van der Waals surface area (Å²) < 4.78 is 47.8. The van der Waals surface area contributed by atoms with Crippen LogP contribution in [0, 0.1) is 0 Å². The first-order chi connectivity index (χ1) is 41.9. The smallest absolute Gasteiger partial charge is 0.410 e. The van der Waals surface area contributed by atoms with Gasteiger partial charge in [-0.15, -0.1) is 0 Å². The average Bonchev–Trinajstić information content (AvgIpc) is 1.75. The van der Waals surface area contributed by atoms with Gasteiger partial charge in [-0.1, -0.05) is 97.1 Å². The number of alkyl halides is 1. The molecule has 0 aromatic heterocycles. The minimum atomic E-state index is -1.38. The molecule has 0 radical (unpaired) electrons. The number of ether oxygens (including phenoxy) is 6. The third-order valence-corrected chi connectivity index (χ3v) is 13.4. The van der Waals surface area contributed by atoms with Crippen LogP contribution in [-0.4, -0.2) is 182 Å². The van der Waals surface area contributed by atoms with Crippen LogP contribution in [0.1, 0.15) is 144 Å². The number of rotatable bonds is 19. The fourth-order valence-electron chi connectivity index (χ4n) is 9.36. The molecule has 6 rings (SSSR count). The van der Waals surface area contributed by atoms with Crippen molar-refractivity contribution in [3.8, 4) is 22.3 Å². The SMILES string of the molecule is CN(C(=O)OCC1c2ccccc2-c2ccccc21)[C@@H](CC(=O)OC(C)(C)C)C(=O)O.CN(CCCN)C(=O)OC(C)(C)C.CN(CCCNC(=O)[C@H](CC(=O)OC(C)(C)C)N(C)C(=O)OCC1c2ccccc2-c2ccccc21)C(=O)OC(C)(C)C.[2H]CF. The summed E-state index contributed by atoms with van der Waals surface area (Å²) in [6.07, 6.45) is -1.86. The monoisotopic (exact) mass is 1240 g/mol. The van der Waals surface area contributed by atoms with Gasteiger partial charge in [-0.3, -0.25) is 28.6 Å². The van der Waals surface area contributed by atoms with Crippen LogP contribution in [0.2, 0.25) is 0 Å². The van der Waals surface area contributed by atoms with E-state index in [1.54, 1.807) is 76.4 Å². The van der Waals surface area contributed by atoms with Gasteiger partial charge in [0.2, 0.25) is 5.91 Å². The Balaban J connectivity index is 0.000000390. The first kappa shape index (κ1) is 73.2. The number of carboxylic acid groups (broad SMARTS) is 1. The highest BCUT2D eigenvalue weighted by molar-refractivity contribution is 5.90. The van der Waals surface area contributed by atoms with Crippen molar-refractivity contribution in [2.75, 3.05) is 74.7 Å². The lowest BCUT2D eigenvalue weighted by atomic mass is 9.98. The molecule has 89 heavy (non-hydrogen) atoms. The zero-order chi connectivity index (χ0) is 67.9. The topological polar surface area (TPSA) is 263 Å². The van der Waals surface area contributed by atoms with Gasteiger partial charge >= 0.3 is 42.3 Å². The summed E-state index contributed by atoms with van der Waals surface area (Å²) in [6, 6.07) is 29.3. The van der Waals surface area contributed by atoms with Gasteiger partial charge in [-0.05, 0) is 147 Å². The van der Waals surface area contributed by atoms with Crippen molar-refractivity contribution in [3.05, 3.63) is 119 Å². The fourth-order valence-corrected chi connectivity index (χ4v) is 9.36. The van der Waals surface area contributed by atoms with Crippen LogP contribution >= 0.6 is 0 Å². The molecule has 4 N–H and O–H groups in total. The molecule has 0 heterocycles. The maximum absolute atomic E-state index is 13.3.